The molecule has 1 aromatic heterocycles. The van der Waals surface area contributed by atoms with Crippen LogP contribution in [0.3, 0.4) is 0 Å². The van der Waals surface area contributed by atoms with Crippen LogP contribution < -0.4 is 0 Å². The van der Waals surface area contributed by atoms with E-state index in [4.69, 9.17) is 12.2 Å². The summed E-state index contributed by atoms with van der Waals surface area (Å²) in [6.07, 6.45) is 1.89. The lowest BCUT2D eigenvalue weighted by Crippen LogP contribution is -2.27. The summed E-state index contributed by atoms with van der Waals surface area (Å²) in [5.41, 5.74) is 1.96. The van der Waals surface area contributed by atoms with E-state index >= 15 is 0 Å². The average molecular weight is 369 g/mol. The number of fused-ring (bicyclic) bond motifs is 1. The first-order chi connectivity index (χ1) is 11.7. The van der Waals surface area contributed by atoms with Gasteiger partial charge in [0.25, 0.3) is 5.91 Å². The second-order valence-electron chi connectivity index (χ2n) is 5.25. The fraction of sp³-hybridized carbons (Fsp3) is 0.0556. The summed E-state index contributed by atoms with van der Waals surface area (Å²) in [6.45, 7) is 0.427. The molecule has 0 unspecified atom stereocenters. The number of aromatic nitrogens is 1. The summed E-state index contributed by atoms with van der Waals surface area (Å²) >= 11 is 8.34. The molecule has 3 nitrogen and oxygen atoms in total. The van der Waals surface area contributed by atoms with Crippen LogP contribution in [-0.4, -0.2) is 20.1 Å². The number of rotatable bonds is 3. The maximum atomic E-state index is 12.7. The normalized spacial score (nSPS) is 16.5. The van der Waals surface area contributed by atoms with Crippen LogP contribution in [0, 0.1) is 0 Å². The third kappa shape index (κ3) is 3.00. The van der Waals surface area contributed by atoms with E-state index in [1.807, 2.05) is 60.7 Å². The number of carbonyl (C=O) groups excluding carboxylic acids is 1. The van der Waals surface area contributed by atoms with E-state index in [0.717, 1.165) is 20.8 Å². The highest BCUT2D eigenvalue weighted by atomic mass is 32.2. The zero-order valence-electron chi connectivity index (χ0n) is 12.5. The highest BCUT2D eigenvalue weighted by Gasteiger charge is 2.32. The molecule has 24 heavy (non-hydrogen) atoms. The first kappa shape index (κ1) is 15.5. The van der Waals surface area contributed by atoms with Crippen molar-refractivity contribution in [2.24, 2.45) is 0 Å². The summed E-state index contributed by atoms with van der Waals surface area (Å²) in [7, 11) is 0. The number of benzene rings is 2. The molecular formula is C18H12N2OS3. The maximum absolute atomic E-state index is 12.7. The number of amides is 1. The minimum atomic E-state index is -0.0480. The van der Waals surface area contributed by atoms with Gasteiger partial charge in [-0.1, -0.05) is 66.4 Å². The molecule has 0 spiro atoms. The molecule has 1 aliphatic rings. The molecule has 1 amide bonds. The lowest BCUT2D eigenvalue weighted by atomic mass is 10.2. The van der Waals surface area contributed by atoms with E-state index in [1.54, 1.807) is 16.2 Å². The molecular weight excluding hydrogens is 356 g/mol. The Morgan fingerprint density at radius 1 is 1.08 bits per heavy atom. The molecule has 1 aliphatic heterocycles. The molecule has 6 heteroatoms. The largest absolute Gasteiger partial charge is 0.286 e. The summed E-state index contributed by atoms with van der Waals surface area (Å²) < 4.78 is 1.71. The van der Waals surface area contributed by atoms with Gasteiger partial charge in [0.1, 0.15) is 9.33 Å². The van der Waals surface area contributed by atoms with Gasteiger partial charge in [-0.05, 0) is 23.8 Å². The second-order valence-corrected chi connectivity index (χ2v) is 8.04. The van der Waals surface area contributed by atoms with Crippen LogP contribution in [0.1, 0.15) is 10.6 Å². The lowest BCUT2D eigenvalue weighted by molar-refractivity contribution is -0.122. The van der Waals surface area contributed by atoms with Gasteiger partial charge in [0.2, 0.25) is 0 Å². The molecule has 2 heterocycles. The minimum Gasteiger partial charge on any atom is -0.286 e. The van der Waals surface area contributed by atoms with Crippen LogP contribution in [0.15, 0.2) is 59.5 Å². The summed E-state index contributed by atoms with van der Waals surface area (Å²) in [4.78, 5) is 19.5. The van der Waals surface area contributed by atoms with Crippen molar-refractivity contribution in [3.8, 4) is 0 Å². The Labute approximate surface area is 153 Å². The second kappa shape index (κ2) is 6.47. The fourth-order valence-corrected chi connectivity index (χ4v) is 4.67. The molecule has 2 aromatic carbocycles. The number of hydrogen-bond acceptors (Lipinski definition) is 5. The smallest absolute Gasteiger partial charge is 0.266 e. The van der Waals surface area contributed by atoms with Gasteiger partial charge in [-0.2, -0.15) is 0 Å². The number of thioether (sulfide) groups is 1. The Balaban J connectivity index is 1.58. The van der Waals surface area contributed by atoms with Gasteiger partial charge < -0.3 is 0 Å². The molecule has 0 bridgehead atoms. The predicted molar refractivity (Wildman–Crippen MR) is 105 cm³/mol. The van der Waals surface area contributed by atoms with Crippen molar-refractivity contribution in [2.75, 3.05) is 0 Å². The monoisotopic (exact) mass is 368 g/mol. The van der Waals surface area contributed by atoms with Gasteiger partial charge >= 0.3 is 0 Å². The molecule has 1 saturated heterocycles. The minimum absolute atomic E-state index is 0.0480. The quantitative estimate of drug-likeness (QED) is 0.496. The van der Waals surface area contributed by atoms with Crippen LogP contribution in [0.25, 0.3) is 16.3 Å². The third-order valence-corrected chi connectivity index (χ3v) is 6.00. The van der Waals surface area contributed by atoms with Crippen molar-refractivity contribution in [3.05, 3.63) is 70.1 Å². The van der Waals surface area contributed by atoms with Gasteiger partial charge in [-0.15, -0.1) is 11.3 Å². The number of nitrogens with zero attached hydrogens (tertiary/aromatic N) is 2. The Hall–Kier alpha value is -2.02. The van der Waals surface area contributed by atoms with Crippen molar-refractivity contribution >= 4 is 61.8 Å². The first-order valence-electron chi connectivity index (χ1n) is 7.35. The average Bonchev–Trinajstić information content (AvgIpc) is 3.12. The first-order valence-corrected chi connectivity index (χ1v) is 9.40. The van der Waals surface area contributed by atoms with Crippen molar-refractivity contribution in [3.63, 3.8) is 0 Å². The Morgan fingerprint density at radius 3 is 2.62 bits per heavy atom. The van der Waals surface area contributed by atoms with Crippen molar-refractivity contribution in [1.82, 2.24) is 9.88 Å². The van der Waals surface area contributed by atoms with Gasteiger partial charge in [0.15, 0.2) is 0 Å². The highest BCUT2D eigenvalue weighted by molar-refractivity contribution is 8.26. The number of carbonyl (C=O) groups is 1. The van der Waals surface area contributed by atoms with Crippen LogP contribution in [0.2, 0.25) is 0 Å². The van der Waals surface area contributed by atoms with Crippen molar-refractivity contribution in [1.29, 1.82) is 0 Å². The van der Waals surface area contributed by atoms with E-state index < -0.39 is 0 Å². The van der Waals surface area contributed by atoms with Crippen LogP contribution in [-0.2, 0) is 11.3 Å². The molecule has 0 saturated carbocycles. The third-order valence-electron chi connectivity index (χ3n) is 3.60. The zero-order chi connectivity index (χ0) is 16.5. The Bertz CT molecular complexity index is 930. The molecule has 0 N–H and O–H groups in total. The molecule has 4 rings (SSSR count). The van der Waals surface area contributed by atoms with Gasteiger partial charge in [-0.25, -0.2) is 4.98 Å². The van der Waals surface area contributed by atoms with E-state index in [1.165, 1.54) is 11.8 Å². The SMILES string of the molecule is O=C1/C(=C\c2ccccc2)SC(=S)N1Cc1nc2ccccc2s1. The summed E-state index contributed by atoms with van der Waals surface area (Å²) in [5.74, 6) is -0.0480. The van der Waals surface area contributed by atoms with Crippen molar-refractivity contribution < 1.29 is 4.79 Å². The van der Waals surface area contributed by atoms with Crippen molar-refractivity contribution in [2.45, 2.75) is 6.54 Å². The number of hydrogen-bond donors (Lipinski definition) is 0. The zero-order valence-corrected chi connectivity index (χ0v) is 15.0. The molecule has 118 valence electrons. The van der Waals surface area contributed by atoms with Gasteiger partial charge in [0.05, 0.1) is 21.7 Å². The summed E-state index contributed by atoms with van der Waals surface area (Å²) in [6, 6.07) is 17.8. The lowest BCUT2D eigenvalue weighted by Gasteiger charge is -2.11. The van der Waals surface area contributed by atoms with Gasteiger partial charge in [0, 0.05) is 0 Å². The molecule has 0 aliphatic carbocycles. The summed E-state index contributed by atoms with van der Waals surface area (Å²) in [5, 5.41) is 0.897. The number of thiocarbonyl (C=S) groups is 1. The van der Waals surface area contributed by atoms with E-state index in [9.17, 15) is 4.79 Å². The topological polar surface area (TPSA) is 33.2 Å². The van der Waals surface area contributed by atoms with E-state index in [2.05, 4.69) is 4.98 Å². The maximum Gasteiger partial charge on any atom is 0.266 e. The molecule has 1 fully saturated rings. The highest BCUT2D eigenvalue weighted by Crippen LogP contribution is 2.34. The van der Waals surface area contributed by atoms with Crippen LogP contribution in [0.4, 0.5) is 0 Å². The standard InChI is InChI=1S/C18H12N2OS3/c21-17-15(10-12-6-2-1-3-7-12)24-18(22)20(17)11-16-19-13-8-4-5-9-14(13)23-16/h1-10H,11H2/b15-10+. The number of thiazole rings is 1. The van der Waals surface area contributed by atoms with Crippen LogP contribution in [0.5, 0.6) is 0 Å². The Kier molecular flexibility index (Phi) is 4.18. The van der Waals surface area contributed by atoms with Gasteiger partial charge in [-0.3, -0.25) is 9.69 Å². The van der Waals surface area contributed by atoms with E-state index in [0.29, 0.717) is 15.8 Å². The molecule has 3 aromatic rings. The molecule has 0 atom stereocenters. The number of para-hydroxylation sites is 1. The van der Waals surface area contributed by atoms with E-state index in [-0.39, 0.29) is 5.91 Å². The van der Waals surface area contributed by atoms with Crippen LogP contribution >= 0.6 is 35.3 Å². The Morgan fingerprint density at radius 2 is 1.83 bits per heavy atom. The fourth-order valence-electron chi connectivity index (χ4n) is 2.46. The predicted octanol–water partition coefficient (Wildman–Crippen LogP) is 4.70. The molecule has 0 radical (unpaired) electrons.